The van der Waals surface area contributed by atoms with Gasteiger partial charge in [-0.3, -0.25) is 14.9 Å². The summed E-state index contributed by atoms with van der Waals surface area (Å²) in [6.07, 6.45) is 0. The third kappa shape index (κ3) is 4.18. The fraction of sp³-hybridized carbons (Fsp3) is 0.188. The number of hydrogen-bond donors (Lipinski definition) is 1. The van der Waals surface area contributed by atoms with Gasteiger partial charge in [0.05, 0.1) is 4.92 Å². The Balaban J connectivity index is 2.55. The zero-order valence-electron chi connectivity index (χ0n) is 13.6. The molecule has 0 radical (unpaired) electrons. The number of carbonyl (C=O) groups is 1. The zero-order valence-corrected chi connectivity index (χ0v) is 15.1. The molecule has 26 heavy (non-hydrogen) atoms. The number of rotatable bonds is 7. The predicted octanol–water partition coefficient (Wildman–Crippen LogP) is 2.91. The Labute approximate surface area is 154 Å². The van der Waals surface area contributed by atoms with E-state index in [-0.39, 0.29) is 6.54 Å². The molecule has 2 rings (SSSR count). The zero-order chi connectivity index (χ0) is 19.5. The van der Waals surface area contributed by atoms with E-state index in [2.05, 4.69) is 0 Å². The molecule has 0 heterocycles. The van der Waals surface area contributed by atoms with Gasteiger partial charge in [-0.05, 0) is 30.7 Å². The molecular weight excluding hydrogens is 384 g/mol. The number of nitrogens with zero attached hydrogens (tertiary/aromatic N) is 2. The monoisotopic (exact) mass is 398 g/mol. The molecule has 0 fully saturated rings. The Morgan fingerprint density at radius 2 is 1.81 bits per heavy atom. The van der Waals surface area contributed by atoms with E-state index in [1.807, 2.05) is 0 Å². The first-order valence-corrected chi connectivity index (χ1v) is 9.19. The summed E-state index contributed by atoms with van der Waals surface area (Å²) in [5.41, 5.74) is -0.129. The van der Waals surface area contributed by atoms with Crippen LogP contribution in [-0.2, 0) is 21.4 Å². The molecule has 0 aliphatic carbocycles. The van der Waals surface area contributed by atoms with Gasteiger partial charge < -0.3 is 5.11 Å². The molecular formula is C16H15ClN2O6S. The number of nitro groups is 1. The van der Waals surface area contributed by atoms with Crippen LogP contribution in [0.1, 0.15) is 12.5 Å². The SMILES string of the molecule is C[C@@H](C(=O)O)N(Cc1ccc(Cl)cc1)S(=O)(=O)c1ccccc1[N+](=O)[O-]. The molecule has 1 atom stereocenters. The Morgan fingerprint density at radius 3 is 2.35 bits per heavy atom. The number of nitro benzene ring substituents is 1. The molecule has 0 unspecified atom stereocenters. The molecule has 138 valence electrons. The minimum absolute atomic E-state index is 0.279. The first kappa shape index (κ1) is 19.8. The van der Waals surface area contributed by atoms with Crippen molar-refractivity contribution in [2.24, 2.45) is 0 Å². The van der Waals surface area contributed by atoms with Crippen molar-refractivity contribution < 1.29 is 23.2 Å². The minimum Gasteiger partial charge on any atom is -0.480 e. The second-order valence-corrected chi connectivity index (χ2v) is 7.71. The maximum atomic E-state index is 13.0. The lowest BCUT2D eigenvalue weighted by atomic mass is 10.2. The Bertz CT molecular complexity index is 930. The van der Waals surface area contributed by atoms with Crippen molar-refractivity contribution >= 4 is 33.3 Å². The van der Waals surface area contributed by atoms with Gasteiger partial charge in [0, 0.05) is 17.6 Å². The third-order valence-electron chi connectivity index (χ3n) is 3.69. The highest BCUT2D eigenvalue weighted by atomic mass is 35.5. The number of aliphatic carboxylic acids is 1. The molecule has 1 N–H and O–H groups in total. The Morgan fingerprint density at radius 1 is 1.23 bits per heavy atom. The third-order valence-corrected chi connectivity index (χ3v) is 5.91. The topological polar surface area (TPSA) is 118 Å². The van der Waals surface area contributed by atoms with E-state index in [0.29, 0.717) is 14.9 Å². The van der Waals surface area contributed by atoms with E-state index in [1.54, 1.807) is 12.1 Å². The van der Waals surface area contributed by atoms with Crippen LogP contribution in [0.4, 0.5) is 5.69 Å². The Kier molecular flexibility index (Phi) is 5.96. The number of halogens is 1. The van der Waals surface area contributed by atoms with Crippen molar-refractivity contribution in [1.29, 1.82) is 0 Å². The fourth-order valence-corrected chi connectivity index (χ4v) is 4.14. The predicted molar refractivity (Wildman–Crippen MR) is 94.4 cm³/mol. The lowest BCUT2D eigenvalue weighted by molar-refractivity contribution is -0.387. The molecule has 0 bridgehead atoms. The van der Waals surface area contributed by atoms with E-state index >= 15 is 0 Å². The molecule has 2 aromatic carbocycles. The van der Waals surface area contributed by atoms with E-state index < -0.39 is 37.5 Å². The quantitative estimate of drug-likeness (QED) is 0.565. The number of hydrogen-bond acceptors (Lipinski definition) is 5. The highest BCUT2D eigenvalue weighted by molar-refractivity contribution is 7.89. The van der Waals surface area contributed by atoms with Crippen LogP contribution in [0.25, 0.3) is 0 Å². The van der Waals surface area contributed by atoms with Crippen LogP contribution in [0.3, 0.4) is 0 Å². The molecule has 2 aromatic rings. The number of benzene rings is 2. The maximum absolute atomic E-state index is 13.0. The molecule has 0 saturated carbocycles. The second-order valence-electron chi connectivity index (χ2n) is 5.42. The van der Waals surface area contributed by atoms with Gasteiger partial charge in [-0.25, -0.2) is 8.42 Å². The average Bonchev–Trinajstić information content (AvgIpc) is 2.60. The first-order valence-electron chi connectivity index (χ1n) is 7.37. The van der Waals surface area contributed by atoms with E-state index in [0.717, 1.165) is 12.1 Å². The maximum Gasteiger partial charge on any atom is 0.321 e. The number of sulfonamides is 1. The molecule has 0 aromatic heterocycles. The molecule has 10 heteroatoms. The van der Waals surface area contributed by atoms with Gasteiger partial charge in [0.15, 0.2) is 4.90 Å². The van der Waals surface area contributed by atoms with Crippen LogP contribution < -0.4 is 0 Å². The van der Waals surface area contributed by atoms with Gasteiger partial charge >= 0.3 is 5.97 Å². The van der Waals surface area contributed by atoms with Crippen LogP contribution in [0.5, 0.6) is 0 Å². The summed E-state index contributed by atoms with van der Waals surface area (Å²) in [5, 5.41) is 20.9. The van der Waals surface area contributed by atoms with Crippen LogP contribution in [0.15, 0.2) is 53.4 Å². The molecule has 0 aliphatic heterocycles. The molecule has 0 spiro atoms. The second kappa shape index (κ2) is 7.81. The summed E-state index contributed by atoms with van der Waals surface area (Å²) in [6.45, 7) is 0.920. The summed E-state index contributed by atoms with van der Waals surface area (Å²) in [6, 6.07) is 9.56. The smallest absolute Gasteiger partial charge is 0.321 e. The lowest BCUT2D eigenvalue weighted by Gasteiger charge is -2.25. The normalized spacial score (nSPS) is 12.7. The van der Waals surface area contributed by atoms with Crippen molar-refractivity contribution in [3.8, 4) is 0 Å². The van der Waals surface area contributed by atoms with Gasteiger partial charge in [0.1, 0.15) is 6.04 Å². The van der Waals surface area contributed by atoms with Gasteiger partial charge in [-0.1, -0.05) is 35.9 Å². The van der Waals surface area contributed by atoms with Gasteiger partial charge in [0.2, 0.25) is 0 Å². The average molecular weight is 399 g/mol. The van der Waals surface area contributed by atoms with Crippen molar-refractivity contribution in [3.05, 3.63) is 69.2 Å². The van der Waals surface area contributed by atoms with E-state index in [9.17, 15) is 28.4 Å². The molecule has 0 amide bonds. The standard InChI is InChI=1S/C16H15ClN2O6S/c1-11(16(20)21)18(10-12-6-8-13(17)9-7-12)26(24,25)15-5-3-2-4-14(15)19(22)23/h2-9,11H,10H2,1H3,(H,20,21)/t11-/m0/s1. The van der Waals surface area contributed by atoms with Crippen molar-refractivity contribution in [1.82, 2.24) is 4.31 Å². The summed E-state index contributed by atoms with van der Waals surface area (Å²) in [7, 11) is -4.45. The van der Waals surface area contributed by atoms with Crippen LogP contribution in [0, 0.1) is 10.1 Å². The van der Waals surface area contributed by atoms with Crippen LogP contribution >= 0.6 is 11.6 Å². The van der Waals surface area contributed by atoms with Gasteiger partial charge in [-0.15, -0.1) is 0 Å². The summed E-state index contributed by atoms with van der Waals surface area (Å²) >= 11 is 5.80. The summed E-state index contributed by atoms with van der Waals surface area (Å²) in [5.74, 6) is -1.37. The first-order chi connectivity index (χ1) is 12.1. The largest absolute Gasteiger partial charge is 0.480 e. The minimum atomic E-state index is -4.45. The van der Waals surface area contributed by atoms with Crippen molar-refractivity contribution in [2.45, 2.75) is 24.4 Å². The van der Waals surface area contributed by atoms with Gasteiger partial charge in [-0.2, -0.15) is 4.31 Å². The van der Waals surface area contributed by atoms with Crippen LogP contribution in [0.2, 0.25) is 5.02 Å². The summed E-state index contributed by atoms with van der Waals surface area (Å²) < 4.78 is 26.7. The molecule has 0 saturated heterocycles. The summed E-state index contributed by atoms with van der Waals surface area (Å²) in [4.78, 5) is 21.2. The number of carboxylic acids is 1. The molecule has 8 nitrogen and oxygen atoms in total. The highest BCUT2D eigenvalue weighted by Crippen LogP contribution is 2.29. The number of carboxylic acid groups (broad SMARTS) is 1. The molecule has 0 aliphatic rings. The van der Waals surface area contributed by atoms with Crippen molar-refractivity contribution in [3.63, 3.8) is 0 Å². The fourth-order valence-electron chi connectivity index (χ4n) is 2.28. The van der Waals surface area contributed by atoms with Crippen molar-refractivity contribution in [2.75, 3.05) is 0 Å². The van der Waals surface area contributed by atoms with Gasteiger partial charge in [0.25, 0.3) is 15.7 Å². The van der Waals surface area contributed by atoms with E-state index in [1.165, 1.54) is 31.2 Å². The lowest BCUT2D eigenvalue weighted by Crippen LogP contribution is -2.42. The van der Waals surface area contributed by atoms with Crippen LogP contribution in [-0.4, -0.2) is 34.8 Å². The number of para-hydroxylation sites is 1. The highest BCUT2D eigenvalue weighted by Gasteiger charge is 2.37. The Hall–Kier alpha value is -2.49. The van der Waals surface area contributed by atoms with E-state index in [4.69, 9.17) is 11.6 Å².